The molecule has 1 saturated heterocycles. The lowest BCUT2D eigenvalue weighted by Crippen LogP contribution is -2.43. The molecule has 90 valence electrons. The number of nitrogens with zero attached hydrogens (tertiary/aromatic N) is 1. The van der Waals surface area contributed by atoms with Crippen LogP contribution in [0.2, 0.25) is 0 Å². The summed E-state index contributed by atoms with van der Waals surface area (Å²) in [7, 11) is 1.63. The van der Waals surface area contributed by atoms with Crippen LogP contribution >= 0.6 is 12.2 Å². The molecule has 0 bridgehead atoms. The van der Waals surface area contributed by atoms with Gasteiger partial charge in [0.1, 0.15) is 0 Å². The van der Waals surface area contributed by atoms with Crippen LogP contribution in [0.5, 0.6) is 0 Å². The number of piperidine rings is 1. The highest BCUT2D eigenvalue weighted by atomic mass is 32.1. The van der Waals surface area contributed by atoms with Crippen molar-refractivity contribution >= 4 is 29.0 Å². The van der Waals surface area contributed by atoms with Gasteiger partial charge in [0.25, 0.3) is 0 Å². The number of carbonyl (C=O) groups excluding carboxylic acids is 2. The van der Waals surface area contributed by atoms with Gasteiger partial charge < -0.3 is 16.0 Å². The van der Waals surface area contributed by atoms with Crippen LogP contribution in [0.25, 0.3) is 0 Å². The molecule has 1 rings (SSSR count). The van der Waals surface area contributed by atoms with E-state index in [1.165, 1.54) is 0 Å². The highest BCUT2D eigenvalue weighted by Gasteiger charge is 2.26. The van der Waals surface area contributed by atoms with Crippen LogP contribution in [-0.2, 0) is 9.59 Å². The fourth-order valence-electron chi connectivity index (χ4n) is 1.86. The third-order valence-corrected chi connectivity index (χ3v) is 2.93. The quantitative estimate of drug-likeness (QED) is 0.664. The van der Waals surface area contributed by atoms with Crippen molar-refractivity contribution in [3.05, 3.63) is 0 Å². The van der Waals surface area contributed by atoms with Gasteiger partial charge >= 0.3 is 0 Å². The molecule has 0 radical (unpaired) electrons. The number of amides is 2. The second kappa shape index (κ2) is 5.79. The summed E-state index contributed by atoms with van der Waals surface area (Å²) in [6.45, 7) is 1.22. The van der Waals surface area contributed by atoms with Crippen molar-refractivity contribution < 1.29 is 9.59 Å². The Morgan fingerprint density at radius 3 is 2.44 bits per heavy atom. The lowest BCUT2D eigenvalue weighted by atomic mass is 9.96. The van der Waals surface area contributed by atoms with E-state index in [1.807, 2.05) is 0 Å². The van der Waals surface area contributed by atoms with E-state index in [1.54, 1.807) is 11.9 Å². The molecular formula is C10H17N3O2S. The Morgan fingerprint density at radius 2 is 2.00 bits per heavy atom. The molecule has 0 aromatic heterocycles. The maximum atomic E-state index is 11.6. The highest BCUT2D eigenvalue weighted by Crippen LogP contribution is 2.17. The zero-order valence-corrected chi connectivity index (χ0v) is 10.2. The minimum Gasteiger partial charge on any atom is -0.393 e. The van der Waals surface area contributed by atoms with Crippen molar-refractivity contribution in [3.63, 3.8) is 0 Å². The Balaban J connectivity index is 2.40. The first kappa shape index (κ1) is 12.9. The van der Waals surface area contributed by atoms with Gasteiger partial charge in [0.2, 0.25) is 11.8 Å². The standard InChI is InChI=1S/C10H17N3O2S/c1-12-10(15)7-2-4-13(5-3-7)9(14)6-8(11)16/h7H,2-6H2,1H3,(H2,11,16)(H,12,15). The molecule has 0 spiro atoms. The van der Waals surface area contributed by atoms with Gasteiger partial charge in [-0.25, -0.2) is 0 Å². The van der Waals surface area contributed by atoms with Crippen molar-refractivity contribution in [3.8, 4) is 0 Å². The monoisotopic (exact) mass is 243 g/mol. The summed E-state index contributed by atoms with van der Waals surface area (Å²) in [5, 5.41) is 2.63. The molecule has 1 aliphatic heterocycles. The van der Waals surface area contributed by atoms with Gasteiger partial charge in [0.15, 0.2) is 0 Å². The molecule has 0 atom stereocenters. The van der Waals surface area contributed by atoms with E-state index in [2.05, 4.69) is 5.32 Å². The summed E-state index contributed by atoms with van der Waals surface area (Å²) in [6, 6.07) is 0. The van der Waals surface area contributed by atoms with Gasteiger partial charge in [-0.1, -0.05) is 12.2 Å². The van der Waals surface area contributed by atoms with Gasteiger partial charge in [-0.2, -0.15) is 0 Å². The summed E-state index contributed by atoms with van der Waals surface area (Å²) in [5.74, 6) is 0.0446. The SMILES string of the molecule is CNC(=O)C1CCN(C(=O)CC(N)=S)CC1. The van der Waals surface area contributed by atoms with E-state index in [-0.39, 0.29) is 29.1 Å². The molecule has 16 heavy (non-hydrogen) atoms. The molecule has 6 heteroatoms. The van der Waals surface area contributed by atoms with Crippen molar-refractivity contribution in [2.24, 2.45) is 11.7 Å². The predicted molar refractivity (Wildman–Crippen MR) is 64.8 cm³/mol. The Labute approximate surface area is 100 Å². The van der Waals surface area contributed by atoms with E-state index < -0.39 is 0 Å². The second-order valence-electron chi connectivity index (χ2n) is 3.91. The molecule has 0 saturated carbocycles. The molecule has 0 aliphatic carbocycles. The first-order valence-corrected chi connectivity index (χ1v) is 5.73. The maximum Gasteiger partial charge on any atom is 0.229 e. The number of hydrogen-bond donors (Lipinski definition) is 2. The molecule has 1 aliphatic rings. The summed E-state index contributed by atoms with van der Waals surface area (Å²) in [5.41, 5.74) is 5.32. The summed E-state index contributed by atoms with van der Waals surface area (Å²) >= 11 is 4.69. The number of hydrogen-bond acceptors (Lipinski definition) is 3. The molecular weight excluding hydrogens is 226 g/mol. The minimum absolute atomic E-state index is 0.0267. The van der Waals surface area contributed by atoms with Crippen LogP contribution in [0.4, 0.5) is 0 Å². The summed E-state index contributed by atoms with van der Waals surface area (Å²) < 4.78 is 0. The highest BCUT2D eigenvalue weighted by molar-refractivity contribution is 7.80. The fourth-order valence-corrected chi connectivity index (χ4v) is 1.98. The second-order valence-corrected chi connectivity index (χ2v) is 4.44. The van der Waals surface area contributed by atoms with Crippen LogP contribution in [0, 0.1) is 5.92 Å². The first-order chi connectivity index (χ1) is 7.54. The van der Waals surface area contributed by atoms with E-state index in [9.17, 15) is 9.59 Å². The molecule has 1 fully saturated rings. The molecule has 1 heterocycles. The number of nitrogens with one attached hydrogen (secondary N) is 1. The van der Waals surface area contributed by atoms with E-state index in [0.717, 1.165) is 0 Å². The Hall–Kier alpha value is -1.17. The topological polar surface area (TPSA) is 75.4 Å². The largest absolute Gasteiger partial charge is 0.393 e. The minimum atomic E-state index is -0.0390. The molecule has 5 nitrogen and oxygen atoms in total. The van der Waals surface area contributed by atoms with Crippen molar-refractivity contribution in [2.45, 2.75) is 19.3 Å². The van der Waals surface area contributed by atoms with Crippen molar-refractivity contribution in [1.82, 2.24) is 10.2 Å². The first-order valence-electron chi connectivity index (χ1n) is 5.32. The summed E-state index contributed by atoms with van der Waals surface area (Å²) in [6.07, 6.45) is 1.55. The smallest absolute Gasteiger partial charge is 0.229 e. The lowest BCUT2D eigenvalue weighted by Gasteiger charge is -2.31. The molecule has 0 unspecified atom stereocenters. The Morgan fingerprint density at radius 1 is 1.44 bits per heavy atom. The Kier molecular flexibility index (Phi) is 4.67. The number of likely N-dealkylation sites (tertiary alicyclic amines) is 1. The molecule has 2 amide bonds. The third kappa shape index (κ3) is 3.44. The van der Waals surface area contributed by atoms with E-state index >= 15 is 0 Å². The van der Waals surface area contributed by atoms with Gasteiger partial charge in [-0.3, -0.25) is 9.59 Å². The average molecular weight is 243 g/mol. The van der Waals surface area contributed by atoms with Crippen LogP contribution in [0.15, 0.2) is 0 Å². The van der Waals surface area contributed by atoms with Crippen LogP contribution in [0.3, 0.4) is 0 Å². The molecule has 0 aromatic rings. The number of rotatable bonds is 3. The number of nitrogens with two attached hydrogens (primary N) is 1. The molecule has 0 aromatic carbocycles. The van der Waals surface area contributed by atoms with Crippen molar-refractivity contribution in [2.75, 3.05) is 20.1 Å². The Bertz CT molecular complexity index is 298. The third-order valence-electron chi connectivity index (χ3n) is 2.79. The number of carbonyl (C=O) groups is 2. The van der Waals surface area contributed by atoms with Crippen LogP contribution in [0.1, 0.15) is 19.3 Å². The van der Waals surface area contributed by atoms with Gasteiger partial charge in [0, 0.05) is 26.1 Å². The zero-order chi connectivity index (χ0) is 12.1. The molecule has 3 N–H and O–H groups in total. The summed E-state index contributed by atoms with van der Waals surface area (Å²) in [4.78, 5) is 24.9. The van der Waals surface area contributed by atoms with Crippen LogP contribution < -0.4 is 11.1 Å². The van der Waals surface area contributed by atoms with E-state index in [0.29, 0.717) is 25.9 Å². The number of thiocarbonyl (C=S) groups is 1. The predicted octanol–water partition coefficient (Wildman–Crippen LogP) is -0.353. The zero-order valence-electron chi connectivity index (χ0n) is 9.36. The fraction of sp³-hybridized carbons (Fsp3) is 0.700. The lowest BCUT2D eigenvalue weighted by molar-refractivity contribution is -0.134. The van der Waals surface area contributed by atoms with Gasteiger partial charge in [0.05, 0.1) is 11.4 Å². The average Bonchev–Trinajstić information content (AvgIpc) is 2.27. The van der Waals surface area contributed by atoms with E-state index in [4.69, 9.17) is 18.0 Å². The normalized spacial score (nSPS) is 16.9. The van der Waals surface area contributed by atoms with Gasteiger partial charge in [-0.05, 0) is 12.8 Å². The van der Waals surface area contributed by atoms with Crippen LogP contribution in [-0.4, -0.2) is 41.8 Å². The van der Waals surface area contributed by atoms with Crippen molar-refractivity contribution in [1.29, 1.82) is 0 Å². The maximum absolute atomic E-state index is 11.6. The van der Waals surface area contributed by atoms with Gasteiger partial charge in [-0.15, -0.1) is 0 Å².